The molecule has 8 heavy (non-hydrogen) atoms. The Morgan fingerprint density at radius 2 is 2.62 bits per heavy atom. The molecule has 1 aliphatic rings. The third kappa shape index (κ3) is 0.877. The van der Waals surface area contributed by atoms with E-state index in [1.54, 1.807) is 0 Å². The van der Waals surface area contributed by atoms with E-state index in [4.69, 9.17) is 5.26 Å². The molecule has 0 aromatic rings. The molecule has 0 N–H and O–H groups in total. The van der Waals surface area contributed by atoms with E-state index in [0.29, 0.717) is 0 Å². The van der Waals surface area contributed by atoms with Crippen molar-refractivity contribution in [3.63, 3.8) is 0 Å². The van der Waals surface area contributed by atoms with Gasteiger partial charge in [-0.25, -0.2) is 0 Å². The minimum absolute atomic E-state index is 0.771. The van der Waals surface area contributed by atoms with Gasteiger partial charge in [0, 0.05) is 18.7 Å². The molecular formula is C6H7N2. The zero-order valence-corrected chi connectivity index (χ0v) is 4.81. The summed E-state index contributed by atoms with van der Waals surface area (Å²) in [5, 5.41) is 8.31. The molecule has 2 heteroatoms. The SMILES string of the molecule is CN1C[C]=C(C#N)C1. The molecule has 0 aromatic carbocycles. The zero-order valence-electron chi connectivity index (χ0n) is 4.81. The lowest BCUT2D eigenvalue weighted by molar-refractivity contribution is 0.429. The fourth-order valence-corrected chi connectivity index (χ4v) is 0.687. The molecule has 0 amide bonds. The monoisotopic (exact) mass is 107 g/mol. The maximum absolute atomic E-state index is 8.31. The lowest BCUT2D eigenvalue weighted by atomic mass is 10.3. The van der Waals surface area contributed by atoms with Crippen LogP contribution in [0.25, 0.3) is 0 Å². The Balaban J connectivity index is 2.53. The molecular weight excluding hydrogens is 100 g/mol. The Morgan fingerprint density at radius 1 is 1.88 bits per heavy atom. The van der Waals surface area contributed by atoms with Gasteiger partial charge in [-0.05, 0) is 13.1 Å². The largest absolute Gasteiger partial charge is 0.297 e. The fraction of sp³-hybridized carbons (Fsp3) is 0.500. The summed E-state index contributed by atoms with van der Waals surface area (Å²) in [6.07, 6.45) is 2.94. The van der Waals surface area contributed by atoms with E-state index < -0.39 is 0 Å². The van der Waals surface area contributed by atoms with Crippen LogP contribution in [-0.2, 0) is 0 Å². The van der Waals surface area contributed by atoms with Crippen LogP contribution in [0.15, 0.2) is 5.57 Å². The van der Waals surface area contributed by atoms with Gasteiger partial charge in [-0.15, -0.1) is 0 Å². The standard InChI is InChI=1S/C6H7N2/c1-8-3-2-6(4-7)5-8/h3,5H2,1H3. The topological polar surface area (TPSA) is 27.0 Å². The summed E-state index contributed by atoms with van der Waals surface area (Å²) in [4.78, 5) is 2.04. The first-order valence-electron chi connectivity index (χ1n) is 2.51. The summed E-state index contributed by atoms with van der Waals surface area (Å²) in [5.74, 6) is 0. The quantitative estimate of drug-likeness (QED) is 0.441. The predicted octanol–water partition coefficient (Wildman–Crippen LogP) is 0.185. The van der Waals surface area contributed by atoms with Gasteiger partial charge in [0.25, 0.3) is 0 Å². The molecule has 41 valence electrons. The maximum atomic E-state index is 8.31. The van der Waals surface area contributed by atoms with E-state index in [1.165, 1.54) is 0 Å². The van der Waals surface area contributed by atoms with Gasteiger partial charge >= 0.3 is 0 Å². The number of hydrogen-bond acceptors (Lipinski definition) is 2. The van der Waals surface area contributed by atoms with Crippen molar-refractivity contribution in [1.82, 2.24) is 4.90 Å². The molecule has 1 aliphatic heterocycles. The first-order valence-corrected chi connectivity index (χ1v) is 2.51. The molecule has 0 spiro atoms. The van der Waals surface area contributed by atoms with Crippen molar-refractivity contribution in [2.75, 3.05) is 20.1 Å². The van der Waals surface area contributed by atoms with Crippen LogP contribution in [0.5, 0.6) is 0 Å². The molecule has 0 saturated heterocycles. The lowest BCUT2D eigenvalue weighted by Crippen LogP contribution is -2.13. The van der Waals surface area contributed by atoms with Crippen LogP contribution in [0.3, 0.4) is 0 Å². The highest BCUT2D eigenvalue weighted by Crippen LogP contribution is 2.02. The summed E-state index contributed by atoms with van der Waals surface area (Å²) >= 11 is 0. The van der Waals surface area contributed by atoms with Crippen molar-refractivity contribution in [3.8, 4) is 6.07 Å². The normalized spacial score (nSPS) is 20.2. The van der Waals surface area contributed by atoms with Crippen LogP contribution in [0.1, 0.15) is 0 Å². The summed E-state index contributed by atoms with van der Waals surface area (Å²) in [5.41, 5.74) is 0.771. The van der Waals surface area contributed by atoms with Crippen LogP contribution in [0, 0.1) is 17.4 Å². The molecule has 0 unspecified atom stereocenters. The summed E-state index contributed by atoms with van der Waals surface area (Å²) in [6, 6.07) is 2.06. The average molecular weight is 107 g/mol. The van der Waals surface area contributed by atoms with Crippen LogP contribution >= 0.6 is 0 Å². The Labute approximate surface area is 49.0 Å². The smallest absolute Gasteiger partial charge is 0.0964 e. The number of rotatable bonds is 0. The van der Waals surface area contributed by atoms with Crippen molar-refractivity contribution in [2.45, 2.75) is 0 Å². The minimum Gasteiger partial charge on any atom is -0.297 e. The second-order valence-electron chi connectivity index (χ2n) is 1.94. The van der Waals surface area contributed by atoms with Gasteiger partial charge in [-0.3, -0.25) is 4.90 Å². The van der Waals surface area contributed by atoms with E-state index in [9.17, 15) is 0 Å². The van der Waals surface area contributed by atoms with Gasteiger partial charge in [0.2, 0.25) is 0 Å². The molecule has 0 bridgehead atoms. The number of hydrogen-bond donors (Lipinski definition) is 0. The van der Waals surface area contributed by atoms with Gasteiger partial charge in [0.1, 0.15) is 0 Å². The number of nitriles is 1. The summed E-state index contributed by atoms with van der Waals surface area (Å²) < 4.78 is 0. The van der Waals surface area contributed by atoms with Crippen molar-refractivity contribution >= 4 is 0 Å². The van der Waals surface area contributed by atoms with Crippen molar-refractivity contribution < 1.29 is 0 Å². The second kappa shape index (κ2) is 1.97. The van der Waals surface area contributed by atoms with E-state index >= 15 is 0 Å². The number of likely N-dealkylation sites (N-methyl/N-ethyl adjacent to an activating group) is 1. The highest BCUT2D eigenvalue weighted by molar-refractivity contribution is 5.22. The first kappa shape index (κ1) is 5.33. The molecule has 0 atom stereocenters. The van der Waals surface area contributed by atoms with E-state index in [0.717, 1.165) is 18.7 Å². The fourth-order valence-electron chi connectivity index (χ4n) is 0.687. The van der Waals surface area contributed by atoms with Crippen molar-refractivity contribution in [1.29, 1.82) is 5.26 Å². The van der Waals surface area contributed by atoms with Gasteiger partial charge in [-0.1, -0.05) is 0 Å². The number of nitrogens with zero attached hydrogens (tertiary/aromatic N) is 2. The Bertz CT molecular complexity index is 152. The second-order valence-corrected chi connectivity index (χ2v) is 1.94. The van der Waals surface area contributed by atoms with Crippen molar-refractivity contribution in [3.05, 3.63) is 11.6 Å². The lowest BCUT2D eigenvalue weighted by Gasteiger charge is -2.02. The molecule has 1 rings (SSSR count). The molecule has 1 radical (unpaired) electrons. The average Bonchev–Trinajstić information content (AvgIpc) is 2.14. The molecule has 2 nitrogen and oxygen atoms in total. The summed E-state index contributed by atoms with van der Waals surface area (Å²) in [6.45, 7) is 1.58. The Hall–Kier alpha value is -0.810. The van der Waals surface area contributed by atoms with Gasteiger partial charge in [-0.2, -0.15) is 5.26 Å². The molecule has 1 heterocycles. The van der Waals surface area contributed by atoms with Crippen LogP contribution in [-0.4, -0.2) is 25.0 Å². The zero-order chi connectivity index (χ0) is 5.98. The summed E-state index contributed by atoms with van der Waals surface area (Å²) in [7, 11) is 1.97. The van der Waals surface area contributed by atoms with Gasteiger partial charge < -0.3 is 0 Å². The van der Waals surface area contributed by atoms with Crippen LogP contribution < -0.4 is 0 Å². The maximum Gasteiger partial charge on any atom is 0.0964 e. The third-order valence-electron chi connectivity index (χ3n) is 1.13. The van der Waals surface area contributed by atoms with Gasteiger partial charge in [0.15, 0.2) is 0 Å². The van der Waals surface area contributed by atoms with Gasteiger partial charge in [0.05, 0.1) is 6.07 Å². The van der Waals surface area contributed by atoms with Crippen LogP contribution in [0.2, 0.25) is 0 Å². The van der Waals surface area contributed by atoms with Crippen LogP contribution in [0.4, 0.5) is 0 Å². The van der Waals surface area contributed by atoms with E-state index in [-0.39, 0.29) is 0 Å². The molecule has 0 aliphatic carbocycles. The molecule has 0 saturated carbocycles. The van der Waals surface area contributed by atoms with E-state index in [1.807, 2.05) is 11.9 Å². The highest BCUT2D eigenvalue weighted by Gasteiger charge is 2.07. The first-order chi connectivity index (χ1) is 3.83. The Kier molecular flexibility index (Phi) is 1.32. The van der Waals surface area contributed by atoms with Crippen molar-refractivity contribution in [2.24, 2.45) is 0 Å². The molecule has 0 aromatic heterocycles. The van der Waals surface area contributed by atoms with E-state index in [2.05, 4.69) is 12.1 Å². The predicted molar refractivity (Wildman–Crippen MR) is 29.9 cm³/mol. The highest BCUT2D eigenvalue weighted by atomic mass is 15.1. The Morgan fingerprint density at radius 3 is 2.88 bits per heavy atom. The molecule has 0 fully saturated rings. The third-order valence-corrected chi connectivity index (χ3v) is 1.13. The minimum atomic E-state index is 0.771.